The quantitative estimate of drug-likeness (QED) is 0.835. The number of nitrogens with zero attached hydrogens (tertiary/aromatic N) is 5. The first-order chi connectivity index (χ1) is 9.60. The van der Waals surface area contributed by atoms with Crippen LogP contribution in [0.3, 0.4) is 0 Å². The second-order valence-corrected chi connectivity index (χ2v) is 4.15. The highest BCUT2D eigenvalue weighted by Crippen LogP contribution is 2.22. The van der Waals surface area contributed by atoms with E-state index in [-0.39, 0.29) is 11.3 Å². The van der Waals surface area contributed by atoms with Crippen LogP contribution in [0, 0.1) is 40.9 Å². The first kappa shape index (κ1) is 13.1. The molecule has 0 radical (unpaired) electrons. The maximum Gasteiger partial charge on any atom is 0.163 e. The molecule has 0 amide bonds. The average Bonchev–Trinajstić information content (AvgIpc) is 2.74. The molecule has 6 nitrogen and oxygen atoms in total. The van der Waals surface area contributed by atoms with Gasteiger partial charge in [-0.2, -0.15) is 20.9 Å². The lowest BCUT2D eigenvalue weighted by Crippen LogP contribution is -2.00. The molecule has 1 heterocycles. The molecule has 1 N–H and O–H groups in total. The second-order valence-electron chi connectivity index (χ2n) is 4.15. The summed E-state index contributed by atoms with van der Waals surface area (Å²) in [5, 5.41) is 34.7. The van der Waals surface area contributed by atoms with Gasteiger partial charge in [0.25, 0.3) is 0 Å². The summed E-state index contributed by atoms with van der Waals surface area (Å²) in [5.74, 6) is 0. The lowest BCUT2D eigenvalue weighted by atomic mass is 10.2. The Hall–Kier alpha value is -3.30. The maximum atomic E-state index is 9.00. The van der Waals surface area contributed by atoms with E-state index in [0.29, 0.717) is 5.69 Å². The van der Waals surface area contributed by atoms with Crippen molar-refractivity contribution in [1.29, 1.82) is 15.8 Å². The monoisotopic (exact) mass is 262 g/mol. The molecule has 0 bridgehead atoms. The number of hydrogen-bond donors (Lipinski definition) is 1. The molecular formula is C14H10N6. The van der Waals surface area contributed by atoms with E-state index in [1.54, 1.807) is 22.9 Å². The molecule has 0 fully saturated rings. The molecule has 0 aliphatic carbocycles. The van der Waals surface area contributed by atoms with Gasteiger partial charge in [-0.05, 0) is 25.1 Å². The highest BCUT2D eigenvalue weighted by atomic mass is 15.3. The topological polar surface area (TPSA) is 101 Å². The van der Waals surface area contributed by atoms with E-state index in [4.69, 9.17) is 15.8 Å². The summed E-state index contributed by atoms with van der Waals surface area (Å²) in [5.41, 5.74) is 2.17. The molecule has 0 unspecified atom stereocenters. The van der Waals surface area contributed by atoms with E-state index in [1.165, 1.54) is 0 Å². The largest absolute Gasteiger partial charge is 0.345 e. The zero-order valence-corrected chi connectivity index (χ0v) is 11.0. The minimum absolute atomic E-state index is 0.0594. The van der Waals surface area contributed by atoms with E-state index >= 15 is 0 Å². The number of aryl methyl sites for hydroxylation is 2. The van der Waals surface area contributed by atoms with Crippen molar-refractivity contribution < 1.29 is 0 Å². The van der Waals surface area contributed by atoms with Crippen molar-refractivity contribution in [2.75, 3.05) is 5.32 Å². The number of nitriles is 3. The van der Waals surface area contributed by atoms with E-state index in [1.807, 2.05) is 32.2 Å². The Labute approximate surface area is 115 Å². The SMILES string of the molecule is Cc1c2cc(NC(C#N)=C(C#N)C#N)ccc2nn1C. The average molecular weight is 262 g/mol. The first-order valence-electron chi connectivity index (χ1n) is 5.75. The van der Waals surface area contributed by atoms with E-state index in [0.717, 1.165) is 16.6 Å². The Kier molecular flexibility index (Phi) is 3.37. The van der Waals surface area contributed by atoms with Gasteiger partial charge >= 0.3 is 0 Å². The standard InChI is InChI=1S/C14H10N6/c1-9-12-5-11(3-4-13(12)19-20(9)2)18-14(8-17)10(6-15)7-16/h3-5,18H,1-2H3. The van der Waals surface area contributed by atoms with E-state index < -0.39 is 0 Å². The lowest BCUT2D eigenvalue weighted by molar-refractivity contribution is 0.751. The summed E-state index contributed by atoms with van der Waals surface area (Å²) in [4.78, 5) is 0. The molecule has 0 saturated carbocycles. The summed E-state index contributed by atoms with van der Waals surface area (Å²) in [7, 11) is 1.85. The van der Waals surface area contributed by atoms with Gasteiger partial charge in [0.1, 0.15) is 23.9 Å². The van der Waals surface area contributed by atoms with Crippen LogP contribution in [0.2, 0.25) is 0 Å². The number of hydrogen-bond acceptors (Lipinski definition) is 5. The van der Waals surface area contributed by atoms with Crippen LogP contribution >= 0.6 is 0 Å². The van der Waals surface area contributed by atoms with Gasteiger partial charge in [-0.1, -0.05) is 0 Å². The van der Waals surface area contributed by atoms with Gasteiger partial charge in [0.15, 0.2) is 5.57 Å². The normalized spacial score (nSPS) is 9.35. The van der Waals surface area contributed by atoms with Crippen molar-refractivity contribution in [3.8, 4) is 18.2 Å². The number of anilines is 1. The zero-order valence-electron chi connectivity index (χ0n) is 11.0. The third-order valence-electron chi connectivity index (χ3n) is 2.98. The summed E-state index contributed by atoms with van der Waals surface area (Å²) >= 11 is 0. The summed E-state index contributed by atoms with van der Waals surface area (Å²) in [6.07, 6.45) is 0. The Balaban J connectivity index is 2.48. The van der Waals surface area contributed by atoms with Crippen molar-refractivity contribution >= 4 is 16.6 Å². The smallest absolute Gasteiger partial charge is 0.163 e. The first-order valence-corrected chi connectivity index (χ1v) is 5.75. The summed E-state index contributed by atoms with van der Waals surface area (Å²) in [6.45, 7) is 1.94. The summed E-state index contributed by atoms with van der Waals surface area (Å²) < 4.78 is 1.77. The number of nitrogens with one attached hydrogen (secondary N) is 1. The third-order valence-corrected chi connectivity index (χ3v) is 2.98. The molecule has 0 atom stereocenters. The van der Waals surface area contributed by atoms with Crippen molar-refractivity contribution in [1.82, 2.24) is 9.78 Å². The van der Waals surface area contributed by atoms with Crippen LogP contribution in [0.1, 0.15) is 5.69 Å². The fourth-order valence-corrected chi connectivity index (χ4v) is 1.83. The van der Waals surface area contributed by atoms with E-state index in [9.17, 15) is 0 Å². The van der Waals surface area contributed by atoms with Gasteiger partial charge in [0.2, 0.25) is 0 Å². The van der Waals surface area contributed by atoms with Gasteiger partial charge < -0.3 is 5.32 Å². The Morgan fingerprint density at radius 3 is 2.50 bits per heavy atom. The fraction of sp³-hybridized carbons (Fsp3) is 0.143. The van der Waals surface area contributed by atoms with Crippen molar-refractivity contribution in [3.63, 3.8) is 0 Å². The predicted molar refractivity (Wildman–Crippen MR) is 72.9 cm³/mol. The molecule has 0 aliphatic rings. The molecule has 0 saturated heterocycles. The molecule has 2 aromatic rings. The molecule has 20 heavy (non-hydrogen) atoms. The van der Waals surface area contributed by atoms with Gasteiger partial charge in [0.05, 0.1) is 5.52 Å². The van der Waals surface area contributed by atoms with Crippen molar-refractivity contribution in [2.45, 2.75) is 6.92 Å². The number of fused-ring (bicyclic) bond motifs is 1. The predicted octanol–water partition coefficient (Wildman–Crippen LogP) is 2.12. The number of rotatable bonds is 2. The molecule has 0 aliphatic heterocycles. The highest BCUT2D eigenvalue weighted by Gasteiger charge is 2.09. The molecule has 96 valence electrons. The molecule has 6 heteroatoms. The Bertz CT molecular complexity index is 819. The van der Waals surface area contributed by atoms with Gasteiger partial charge in [-0.15, -0.1) is 0 Å². The maximum absolute atomic E-state index is 9.00. The van der Waals surface area contributed by atoms with Crippen LogP contribution in [0.4, 0.5) is 5.69 Å². The van der Waals surface area contributed by atoms with Crippen molar-refractivity contribution in [2.24, 2.45) is 7.05 Å². The number of benzene rings is 1. The van der Waals surface area contributed by atoms with Crippen LogP contribution in [0.5, 0.6) is 0 Å². The molecular weight excluding hydrogens is 252 g/mol. The van der Waals surface area contributed by atoms with Crippen LogP contribution in [-0.4, -0.2) is 9.78 Å². The second kappa shape index (κ2) is 5.14. The van der Waals surface area contributed by atoms with Crippen LogP contribution < -0.4 is 5.32 Å². The van der Waals surface area contributed by atoms with E-state index in [2.05, 4.69) is 10.4 Å². The van der Waals surface area contributed by atoms with Crippen LogP contribution in [0.25, 0.3) is 10.9 Å². The van der Waals surface area contributed by atoms with Crippen molar-refractivity contribution in [3.05, 3.63) is 35.2 Å². The molecule has 0 spiro atoms. The third kappa shape index (κ3) is 2.16. The van der Waals surface area contributed by atoms with Gasteiger partial charge in [-0.3, -0.25) is 4.68 Å². The van der Waals surface area contributed by atoms with Gasteiger partial charge in [0, 0.05) is 23.8 Å². The Morgan fingerprint density at radius 1 is 1.20 bits per heavy atom. The molecule has 1 aromatic heterocycles. The van der Waals surface area contributed by atoms with Gasteiger partial charge in [-0.25, -0.2) is 0 Å². The number of aromatic nitrogens is 2. The summed E-state index contributed by atoms with van der Waals surface area (Å²) in [6, 6.07) is 10.6. The highest BCUT2D eigenvalue weighted by molar-refractivity contribution is 5.85. The minimum Gasteiger partial charge on any atom is -0.345 e. The molecule has 2 rings (SSSR count). The Morgan fingerprint density at radius 2 is 1.90 bits per heavy atom. The lowest BCUT2D eigenvalue weighted by Gasteiger charge is -2.04. The van der Waals surface area contributed by atoms with Crippen LogP contribution in [-0.2, 0) is 7.05 Å². The fourth-order valence-electron chi connectivity index (χ4n) is 1.83. The van der Waals surface area contributed by atoms with Crippen LogP contribution in [0.15, 0.2) is 29.5 Å². The minimum atomic E-state index is -0.240. The molecule has 1 aromatic carbocycles. The number of allylic oxidation sites excluding steroid dienone is 2. The zero-order chi connectivity index (χ0) is 14.7.